The van der Waals surface area contributed by atoms with Gasteiger partial charge in [-0.15, -0.1) is 0 Å². The number of hydrogen-bond donors (Lipinski definition) is 3. The quantitative estimate of drug-likeness (QED) is 0.799. The van der Waals surface area contributed by atoms with E-state index in [0.29, 0.717) is 6.42 Å². The van der Waals surface area contributed by atoms with Gasteiger partial charge in [-0.2, -0.15) is 0 Å². The minimum absolute atomic E-state index is 0.171. The third kappa shape index (κ3) is 3.77. The molecule has 1 unspecified atom stereocenters. The van der Waals surface area contributed by atoms with Crippen LogP contribution in [0.25, 0.3) is 0 Å². The molecule has 0 aliphatic heterocycles. The van der Waals surface area contributed by atoms with Gasteiger partial charge in [0.15, 0.2) is 0 Å². The lowest BCUT2D eigenvalue weighted by Gasteiger charge is -2.35. The molecule has 1 atom stereocenters. The smallest absolute Gasteiger partial charge is 0.319 e. The number of benzene rings is 2. The Morgan fingerprint density at radius 1 is 1.28 bits per heavy atom. The Hall–Kier alpha value is -2.53. The Labute approximate surface area is 148 Å². The molecule has 0 saturated heterocycles. The number of anilines is 1. The number of carbonyl (C=O) groups is 1. The number of aliphatic hydroxyl groups is 1. The molecule has 0 heterocycles. The van der Waals surface area contributed by atoms with Crippen molar-refractivity contribution in [3.05, 3.63) is 59.2 Å². The van der Waals surface area contributed by atoms with Crippen molar-refractivity contribution >= 4 is 11.7 Å². The van der Waals surface area contributed by atoms with E-state index >= 15 is 0 Å². The molecule has 5 heteroatoms. The van der Waals surface area contributed by atoms with Gasteiger partial charge in [-0.05, 0) is 61.1 Å². The molecule has 0 radical (unpaired) electrons. The predicted molar refractivity (Wildman–Crippen MR) is 98.0 cm³/mol. The number of para-hydroxylation sites is 1. The predicted octanol–water partition coefficient (Wildman–Crippen LogP) is 3.35. The fourth-order valence-corrected chi connectivity index (χ4v) is 3.35. The molecular weight excluding hydrogens is 316 g/mol. The first-order valence-electron chi connectivity index (χ1n) is 8.52. The minimum atomic E-state index is -1.05. The summed E-state index contributed by atoms with van der Waals surface area (Å²) in [4.78, 5) is 12.2. The van der Waals surface area contributed by atoms with E-state index in [1.54, 1.807) is 7.11 Å². The van der Waals surface area contributed by atoms with E-state index in [2.05, 4.69) is 10.6 Å². The van der Waals surface area contributed by atoms with Crippen molar-refractivity contribution in [2.45, 2.75) is 31.8 Å². The second-order valence-corrected chi connectivity index (χ2v) is 6.53. The largest absolute Gasteiger partial charge is 0.497 e. The summed E-state index contributed by atoms with van der Waals surface area (Å²) in [6.07, 6.45) is 2.40. The maximum atomic E-state index is 12.2. The van der Waals surface area contributed by atoms with E-state index in [0.717, 1.165) is 41.0 Å². The molecule has 0 aromatic heterocycles. The Bertz CT molecular complexity index is 775. The van der Waals surface area contributed by atoms with Crippen molar-refractivity contribution in [2.24, 2.45) is 0 Å². The van der Waals surface area contributed by atoms with Crippen LogP contribution < -0.4 is 15.4 Å². The van der Waals surface area contributed by atoms with Crippen molar-refractivity contribution in [3.8, 4) is 5.75 Å². The molecule has 3 N–H and O–H groups in total. The van der Waals surface area contributed by atoms with Gasteiger partial charge in [0.25, 0.3) is 0 Å². The van der Waals surface area contributed by atoms with Gasteiger partial charge in [-0.3, -0.25) is 0 Å². The van der Waals surface area contributed by atoms with Crippen molar-refractivity contribution in [2.75, 3.05) is 19.0 Å². The topological polar surface area (TPSA) is 70.6 Å². The Balaban J connectivity index is 1.69. The van der Waals surface area contributed by atoms with Crippen molar-refractivity contribution in [3.63, 3.8) is 0 Å². The summed E-state index contributed by atoms with van der Waals surface area (Å²) in [5, 5.41) is 16.7. The molecule has 3 rings (SSSR count). The fourth-order valence-electron chi connectivity index (χ4n) is 3.35. The van der Waals surface area contributed by atoms with Crippen molar-refractivity contribution in [1.82, 2.24) is 5.32 Å². The van der Waals surface area contributed by atoms with Crippen LogP contribution in [0.15, 0.2) is 42.5 Å². The third-order valence-electron chi connectivity index (χ3n) is 4.78. The van der Waals surface area contributed by atoms with Gasteiger partial charge in [-0.25, -0.2) is 4.79 Å². The van der Waals surface area contributed by atoms with E-state index in [1.165, 1.54) is 0 Å². The Kier molecular flexibility index (Phi) is 4.95. The van der Waals surface area contributed by atoms with Crippen LogP contribution in [0.5, 0.6) is 5.75 Å². The first-order valence-corrected chi connectivity index (χ1v) is 8.52. The fraction of sp³-hybridized carbons (Fsp3) is 0.350. The molecule has 2 aromatic rings. The van der Waals surface area contributed by atoms with Crippen LogP contribution in [0.3, 0.4) is 0 Å². The van der Waals surface area contributed by atoms with Crippen LogP contribution in [0, 0.1) is 6.92 Å². The molecule has 1 aliphatic rings. The zero-order valence-corrected chi connectivity index (χ0v) is 14.6. The Morgan fingerprint density at radius 2 is 2.08 bits per heavy atom. The second-order valence-electron chi connectivity index (χ2n) is 6.53. The third-order valence-corrected chi connectivity index (χ3v) is 4.78. The van der Waals surface area contributed by atoms with Crippen LogP contribution >= 0.6 is 0 Å². The van der Waals surface area contributed by atoms with Gasteiger partial charge in [0, 0.05) is 5.69 Å². The summed E-state index contributed by atoms with van der Waals surface area (Å²) < 4.78 is 5.26. The van der Waals surface area contributed by atoms with Crippen LogP contribution in [-0.4, -0.2) is 24.8 Å². The number of rotatable bonds is 4. The monoisotopic (exact) mass is 340 g/mol. The van der Waals surface area contributed by atoms with Crippen LogP contribution in [0.2, 0.25) is 0 Å². The van der Waals surface area contributed by atoms with E-state index < -0.39 is 5.60 Å². The molecule has 0 spiro atoms. The summed E-state index contributed by atoms with van der Waals surface area (Å²) in [7, 11) is 1.63. The second kappa shape index (κ2) is 7.15. The molecular formula is C20H24N2O3. The van der Waals surface area contributed by atoms with Gasteiger partial charge < -0.3 is 20.5 Å². The zero-order chi connectivity index (χ0) is 17.9. The van der Waals surface area contributed by atoms with E-state index in [4.69, 9.17) is 4.74 Å². The first-order chi connectivity index (χ1) is 12.0. The maximum absolute atomic E-state index is 12.2. The van der Waals surface area contributed by atoms with Gasteiger partial charge >= 0.3 is 6.03 Å². The highest BCUT2D eigenvalue weighted by Crippen LogP contribution is 2.36. The average Bonchev–Trinajstić information content (AvgIpc) is 2.62. The molecule has 2 aromatic carbocycles. The van der Waals surface area contributed by atoms with E-state index in [1.807, 2.05) is 49.4 Å². The number of carbonyl (C=O) groups excluding carboxylic acids is 1. The van der Waals surface area contributed by atoms with Gasteiger partial charge in [0.1, 0.15) is 11.4 Å². The molecule has 0 saturated carbocycles. The summed E-state index contributed by atoms with van der Waals surface area (Å²) in [5.41, 5.74) is 2.65. The zero-order valence-electron chi connectivity index (χ0n) is 14.6. The number of hydrogen-bond acceptors (Lipinski definition) is 3. The molecule has 0 bridgehead atoms. The number of nitrogens with one attached hydrogen (secondary N) is 2. The number of amides is 2. The molecule has 132 valence electrons. The normalized spacial score (nSPS) is 19.0. The molecule has 25 heavy (non-hydrogen) atoms. The lowest BCUT2D eigenvalue weighted by atomic mass is 9.79. The highest BCUT2D eigenvalue weighted by atomic mass is 16.5. The standard InChI is InChI=1S/C20H24N2O3/c1-14-6-3-4-8-18(14)22-19(23)21-13-20(24)11-5-7-15-12-16(25-2)9-10-17(15)20/h3-4,6,8-10,12,24H,5,7,11,13H2,1-2H3,(H2,21,22,23). The lowest BCUT2D eigenvalue weighted by Crippen LogP contribution is -2.44. The Morgan fingerprint density at radius 3 is 2.84 bits per heavy atom. The lowest BCUT2D eigenvalue weighted by molar-refractivity contribution is 0.0220. The van der Waals surface area contributed by atoms with E-state index in [9.17, 15) is 9.90 Å². The van der Waals surface area contributed by atoms with Crippen molar-refractivity contribution in [1.29, 1.82) is 0 Å². The highest BCUT2D eigenvalue weighted by molar-refractivity contribution is 5.90. The van der Waals surface area contributed by atoms with Gasteiger partial charge in [0.05, 0.1) is 13.7 Å². The SMILES string of the molecule is COc1ccc2c(c1)CCCC2(O)CNC(=O)Nc1ccccc1C. The number of urea groups is 1. The molecule has 2 amide bonds. The number of aryl methyl sites for hydroxylation is 2. The highest BCUT2D eigenvalue weighted by Gasteiger charge is 2.34. The molecule has 1 aliphatic carbocycles. The van der Waals surface area contributed by atoms with Crippen LogP contribution in [-0.2, 0) is 12.0 Å². The van der Waals surface area contributed by atoms with Crippen molar-refractivity contribution < 1.29 is 14.6 Å². The summed E-state index contributed by atoms with van der Waals surface area (Å²) in [6.45, 7) is 2.11. The van der Waals surface area contributed by atoms with Crippen LogP contribution in [0.1, 0.15) is 29.5 Å². The summed E-state index contributed by atoms with van der Waals surface area (Å²) in [6, 6.07) is 13.0. The summed E-state index contributed by atoms with van der Waals surface area (Å²) >= 11 is 0. The number of methoxy groups -OCH3 is 1. The minimum Gasteiger partial charge on any atom is -0.497 e. The average molecular weight is 340 g/mol. The first kappa shape index (κ1) is 17.3. The van der Waals surface area contributed by atoms with Gasteiger partial charge in [0.2, 0.25) is 0 Å². The maximum Gasteiger partial charge on any atom is 0.319 e. The summed E-state index contributed by atoms with van der Waals surface area (Å²) in [5.74, 6) is 0.785. The molecule has 0 fully saturated rings. The van der Waals surface area contributed by atoms with Crippen LogP contribution in [0.4, 0.5) is 10.5 Å². The van der Waals surface area contributed by atoms with E-state index in [-0.39, 0.29) is 12.6 Å². The van der Waals surface area contributed by atoms with Gasteiger partial charge in [-0.1, -0.05) is 24.3 Å². The number of fused-ring (bicyclic) bond motifs is 1. The number of ether oxygens (including phenoxy) is 1. The molecule has 5 nitrogen and oxygen atoms in total.